The molecule has 1 aromatic heterocycles. The summed E-state index contributed by atoms with van der Waals surface area (Å²) in [5, 5.41) is 0. The van der Waals surface area contributed by atoms with Crippen LogP contribution in [-0.2, 0) is 0 Å². The van der Waals surface area contributed by atoms with Gasteiger partial charge in [0.15, 0.2) is 29.6 Å². The Morgan fingerprint density at radius 3 is 2.70 bits per heavy atom. The number of rotatable bonds is 5. The molecule has 0 unspecified atom stereocenters. The SMILES string of the molecule is O=C(COc1ccc2c(c1)OC(=Cc1ccco1)C2=O)c1ccc2c(c1)OCCO2. The third-order valence-electron chi connectivity index (χ3n) is 4.69. The maximum absolute atomic E-state index is 12.5. The zero-order valence-corrected chi connectivity index (χ0v) is 15.8. The van der Waals surface area contributed by atoms with Crippen molar-refractivity contribution >= 4 is 17.6 Å². The number of ether oxygens (including phenoxy) is 4. The number of furan rings is 1. The largest absolute Gasteiger partial charge is 0.486 e. The zero-order valence-electron chi connectivity index (χ0n) is 15.8. The number of fused-ring (bicyclic) bond motifs is 2. The number of hydrogen-bond donors (Lipinski definition) is 0. The van der Waals surface area contributed by atoms with Crippen molar-refractivity contribution in [2.45, 2.75) is 0 Å². The lowest BCUT2D eigenvalue weighted by Crippen LogP contribution is -2.17. The molecule has 0 spiro atoms. The second kappa shape index (κ2) is 7.44. The lowest BCUT2D eigenvalue weighted by molar-refractivity contribution is 0.0919. The Kier molecular flexibility index (Phi) is 4.48. The third kappa shape index (κ3) is 3.41. The minimum absolute atomic E-state index is 0.165. The van der Waals surface area contributed by atoms with E-state index in [0.717, 1.165) is 0 Å². The van der Waals surface area contributed by atoms with Crippen LogP contribution in [0.3, 0.4) is 0 Å². The monoisotopic (exact) mass is 404 g/mol. The van der Waals surface area contributed by atoms with Crippen molar-refractivity contribution in [1.29, 1.82) is 0 Å². The van der Waals surface area contributed by atoms with Gasteiger partial charge in [0.25, 0.3) is 0 Å². The maximum Gasteiger partial charge on any atom is 0.232 e. The summed E-state index contributed by atoms with van der Waals surface area (Å²) in [7, 11) is 0. The summed E-state index contributed by atoms with van der Waals surface area (Å²) in [5.74, 6) is 2.22. The number of Topliss-reactive ketones (excluding diaryl/α,β-unsaturated/α-hetero) is 2. The third-order valence-corrected chi connectivity index (χ3v) is 4.69. The molecule has 0 atom stereocenters. The number of carbonyl (C=O) groups is 2. The zero-order chi connectivity index (χ0) is 20.5. The summed E-state index contributed by atoms with van der Waals surface area (Å²) in [4.78, 5) is 24.9. The molecule has 7 nitrogen and oxygen atoms in total. The molecule has 150 valence electrons. The Morgan fingerprint density at radius 2 is 1.87 bits per heavy atom. The van der Waals surface area contributed by atoms with Crippen molar-refractivity contribution in [3.63, 3.8) is 0 Å². The van der Waals surface area contributed by atoms with Crippen LogP contribution in [0.2, 0.25) is 0 Å². The van der Waals surface area contributed by atoms with Gasteiger partial charge in [0.2, 0.25) is 5.78 Å². The first-order chi connectivity index (χ1) is 14.7. The molecule has 2 aliphatic heterocycles. The Morgan fingerprint density at radius 1 is 1.00 bits per heavy atom. The van der Waals surface area contributed by atoms with E-state index in [9.17, 15) is 9.59 Å². The van der Waals surface area contributed by atoms with E-state index >= 15 is 0 Å². The highest BCUT2D eigenvalue weighted by atomic mass is 16.6. The van der Waals surface area contributed by atoms with Crippen molar-refractivity contribution < 1.29 is 33.0 Å². The van der Waals surface area contributed by atoms with Gasteiger partial charge in [0, 0.05) is 17.7 Å². The van der Waals surface area contributed by atoms with Crippen LogP contribution >= 0.6 is 0 Å². The average molecular weight is 404 g/mol. The number of hydrogen-bond acceptors (Lipinski definition) is 7. The average Bonchev–Trinajstić information content (AvgIpc) is 3.40. The van der Waals surface area contributed by atoms with E-state index in [1.165, 1.54) is 12.3 Å². The van der Waals surface area contributed by atoms with Crippen molar-refractivity contribution in [3.05, 3.63) is 77.4 Å². The second-order valence-electron chi connectivity index (χ2n) is 6.68. The highest BCUT2D eigenvalue weighted by molar-refractivity contribution is 6.14. The van der Waals surface area contributed by atoms with Crippen LogP contribution in [0.1, 0.15) is 26.5 Å². The standard InChI is InChI=1S/C23H16O7/c24-18(14-3-6-19-21(10-14)28-9-8-27-19)13-29-16-4-5-17-20(11-16)30-22(23(17)25)12-15-2-1-7-26-15/h1-7,10-12H,8-9,13H2. The molecule has 0 N–H and O–H groups in total. The number of allylic oxidation sites excluding steroid dienone is 1. The minimum atomic E-state index is -0.236. The number of benzene rings is 2. The van der Waals surface area contributed by atoms with Gasteiger partial charge in [-0.15, -0.1) is 0 Å². The molecule has 0 fully saturated rings. The molecule has 0 saturated carbocycles. The van der Waals surface area contributed by atoms with Crippen LogP contribution in [0.5, 0.6) is 23.0 Å². The summed E-state index contributed by atoms with van der Waals surface area (Å²) in [6.45, 7) is 0.775. The summed E-state index contributed by atoms with van der Waals surface area (Å²) in [6, 6.07) is 13.3. The Bertz CT molecular complexity index is 1160. The summed E-state index contributed by atoms with van der Waals surface area (Å²) >= 11 is 0. The number of ketones is 2. The quantitative estimate of drug-likeness (QED) is 0.471. The fourth-order valence-corrected chi connectivity index (χ4v) is 3.21. The molecule has 3 heterocycles. The van der Waals surface area contributed by atoms with Crippen molar-refractivity contribution in [2.24, 2.45) is 0 Å². The molecule has 0 saturated heterocycles. The topological polar surface area (TPSA) is 84.2 Å². The smallest absolute Gasteiger partial charge is 0.232 e. The molecule has 0 amide bonds. The van der Waals surface area contributed by atoms with E-state index in [2.05, 4.69) is 0 Å². The molecule has 0 aliphatic carbocycles. The number of carbonyl (C=O) groups excluding carboxylic acids is 2. The molecule has 7 heteroatoms. The predicted octanol–water partition coefficient (Wildman–Crippen LogP) is 3.93. The second-order valence-corrected chi connectivity index (χ2v) is 6.68. The lowest BCUT2D eigenvalue weighted by Gasteiger charge is -2.18. The minimum Gasteiger partial charge on any atom is -0.486 e. The van der Waals surface area contributed by atoms with Crippen LogP contribution in [0, 0.1) is 0 Å². The van der Waals surface area contributed by atoms with Gasteiger partial charge in [-0.05, 0) is 42.5 Å². The fraction of sp³-hybridized carbons (Fsp3) is 0.130. The lowest BCUT2D eigenvalue weighted by atomic mass is 10.1. The molecule has 0 bridgehead atoms. The van der Waals surface area contributed by atoms with Gasteiger partial charge < -0.3 is 23.4 Å². The van der Waals surface area contributed by atoms with E-state index in [1.54, 1.807) is 48.5 Å². The van der Waals surface area contributed by atoms with E-state index in [0.29, 0.717) is 53.1 Å². The van der Waals surface area contributed by atoms with E-state index in [4.69, 9.17) is 23.4 Å². The van der Waals surface area contributed by atoms with Crippen molar-refractivity contribution in [2.75, 3.05) is 19.8 Å². The van der Waals surface area contributed by atoms with E-state index in [1.807, 2.05) is 0 Å². The van der Waals surface area contributed by atoms with Crippen molar-refractivity contribution in [1.82, 2.24) is 0 Å². The van der Waals surface area contributed by atoms with Crippen molar-refractivity contribution in [3.8, 4) is 23.0 Å². The van der Waals surface area contributed by atoms with Gasteiger partial charge in [-0.25, -0.2) is 0 Å². The molecule has 3 aromatic rings. The molecule has 30 heavy (non-hydrogen) atoms. The Balaban J connectivity index is 1.27. The Labute approximate surface area is 171 Å². The normalized spacial score (nSPS) is 15.6. The van der Waals surface area contributed by atoms with Crippen LogP contribution in [-0.4, -0.2) is 31.4 Å². The highest BCUT2D eigenvalue weighted by Crippen LogP contribution is 2.35. The van der Waals surface area contributed by atoms with Gasteiger partial charge in [0.05, 0.1) is 11.8 Å². The first-order valence-electron chi connectivity index (χ1n) is 9.35. The molecule has 2 aromatic carbocycles. The first kappa shape index (κ1) is 18.1. The van der Waals surface area contributed by atoms with E-state index in [-0.39, 0.29) is 23.9 Å². The van der Waals surface area contributed by atoms with Gasteiger partial charge in [-0.2, -0.15) is 0 Å². The predicted molar refractivity (Wildman–Crippen MR) is 105 cm³/mol. The summed E-state index contributed by atoms with van der Waals surface area (Å²) in [6.07, 6.45) is 3.05. The van der Waals surface area contributed by atoms with Crippen LogP contribution in [0.15, 0.2) is 65.0 Å². The van der Waals surface area contributed by atoms with Crippen LogP contribution < -0.4 is 18.9 Å². The van der Waals surface area contributed by atoms with Gasteiger partial charge in [0.1, 0.15) is 30.5 Å². The molecule has 0 radical (unpaired) electrons. The highest BCUT2D eigenvalue weighted by Gasteiger charge is 2.28. The molecule has 2 aliphatic rings. The van der Waals surface area contributed by atoms with Crippen LogP contribution in [0.25, 0.3) is 6.08 Å². The van der Waals surface area contributed by atoms with E-state index < -0.39 is 0 Å². The van der Waals surface area contributed by atoms with Crippen LogP contribution in [0.4, 0.5) is 0 Å². The summed E-state index contributed by atoms with van der Waals surface area (Å²) in [5.41, 5.74) is 0.897. The van der Waals surface area contributed by atoms with Gasteiger partial charge >= 0.3 is 0 Å². The van der Waals surface area contributed by atoms with Gasteiger partial charge in [-0.3, -0.25) is 9.59 Å². The van der Waals surface area contributed by atoms with Gasteiger partial charge in [-0.1, -0.05) is 0 Å². The maximum atomic E-state index is 12.5. The summed E-state index contributed by atoms with van der Waals surface area (Å²) < 4.78 is 27.4. The Hall–Kier alpha value is -4.00. The first-order valence-corrected chi connectivity index (χ1v) is 9.35. The molecular weight excluding hydrogens is 388 g/mol. The molecule has 5 rings (SSSR count). The fourth-order valence-electron chi connectivity index (χ4n) is 3.21. The molecular formula is C23H16O7.